The van der Waals surface area contributed by atoms with E-state index in [0.717, 1.165) is 0 Å². The quantitative estimate of drug-likeness (QED) is 0.346. The Hall–Kier alpha value is -1.66. The van der Waals surface area contributed by atoms with Gasteiger partial charge >= 0.3 is 0 Å². The maximum atomic E-state index is 6.65. The molecule has 1 heterocycles. The van der Waals surface area contributed by atoms with Crippen molar-refractivity contribution in [1.29, 1.82) is 5.41 Å². The Bertz CT molecular complexity index is 195. The van der Waals surface area contributed by atoms with Gasteiger partial charge in [0.2, 0.25) is 5.96 Å². The van der Waals surface area contributed by atoms with E-state index in [-0.39, 0.29) is 11.9 Å². The molecule has 0 aromatic carbocycles. The molecule has 0 unspecified atom stereocenters. The lowest BCUT2D eigenvalue weighted by molar-refractivity contribution is 1.06. The lowest BCUT2D eigenvalue weighted by Crippen LogP contribution is -2.07. The Labute approximate surface area is 49.9 Å². The summed E-state index contributed by atoms with van der Waals surface area (Å²) in [6.07, 6.45) is 0. The summed E-state index contributed by atoms with van der Waals surface area (Å²) in [6, 6.07) is 0. The molecular weight excluding hydrogens is 122 g/mol. The monoisotopic (exact) mass is 125 g/mol. The predicted molar refractivity (Wildman–Crippen MR) is 29.1 cm³/mol. The molecule has 1 aliphatic heterocycles. The first kappa shape index (κ1) is 5.48. The molecule has 3 N–H and O–H groups in total. The van der Waals surface area contributed by atoms with Crippen LogP contribution in [0.2, 0.25) is 0 Å². The van der Waals surface area contributed by atoms with Crippen molar-refractivity contribution >= 4 is 11.9 Å². The molecule has 0 aromatic heterocycles. The number of aliphatic imine (C=N–C) groups is 1. The normalized spacial score (nSPS) is 14.4. The molecule has 0 saturated carbocycles. The van der Waals surface area contributed by atoms with E-state index in [9.17, 15) is 0 Å². The highest BCUT2D eigenvalue weighted by Gasteiger charge is 1.98. The van der Waals surface area contributed by atoms with E-state index in [1.54, 1.807) is 0 Å². The van der Waals surface area contributed by atoms with Crippen molar-refractivity contribution in [2.24, 2.45) is 31.4 Å². The first-order valence-electron chi connectivity index (χ1n) is 2.03. The first-order chi connectivity index (χ1) is 4.29. The Morgan fingerprint density at radius 2 is 2.00 bits per heavy atom. The van der Waals surface area contributed by atoms with Crippen LogP contribution in [0.3, 0.4) is 0 Å². The number of guanidine groups is 2. The maximum Gasteiger partial charge on any atom is 0.294 e. The van der Waals surface area contributed by atoms with Crippen LogP contribution in [-0.2, 0) is 0 Å². The highest BCUT2D eigenvalue weighted by Crippen LogP contribution is 1.95. The zero-order chi connectivity index (χ0) is 6.69. The van der Waals surface area contributed by atoms with Gasteiger partial charge in [-0.3, -0.25) is 5.41 Å². The van der Waals surface area contributed by atoms with Gasteiger partial charge < -0.3 is 5.73 Å². The summed E-state index contributed by atoms with van der Waals surface area (Å²) in [6.45, 7) is 0. The van der Waals surface area contributed by atoms with Gasteiger partial charge in [-0.1, -0.05) is 10.2 Å². The van der Waals surface area contributed by atoms with Gasteiger partial charge in [-0.2, -0.15) is 4.99 Å². The second-order valence-electron chi connectivity index (χ2n) is 1.18. The molecule has 0 amide bonds. The molecule has 0 bridgehead atoms. The molecule has 9 heavy (non-hydrogen) atoms. The minimum Gasteiger partial charge on any atom is -0.368 e. The molecule has 7 nitrogen and oxygen atoms in total. The Kier molecular flexibility index (Phi) is 1.26. The highest BCUT2D eigenvalue weighted by atomic mass is 15.6. The number of nitrogens with two attached hydrogens (primary N) is 1. The fraction of sp³-hybridized carbons (Fsp3) is 0. The van der Waals surface area contributed by atoms with E-state index in [1.165, 1.54) is 0 Å². The minimum atomic E-state index is -0.357. The van der Waals surface area contributed by atoms with Crippen LogP contribution in [0.5, 0.6) is 0 Å². The molecule has 0 radical (unpaired) electrons. The van der Waals surface area contributed by atoms with E-state index in [1.807, 2.05) is 0 Å². The van der Waals surface area contributed by atoms with E-state index in [2.05, 4.69) is 25.7 Å². The smallest absolute Gasteiger partial charge is 0.294 e. The Balaban J connectivity index is 2.73. The molecule has 0 saturated heterocycles. The molecule has 7 heteroatoms. The van der Waals surface area contributed by atoms with Gasteiger partial charge in [-0.25, -0.2) is 0 Å². The van der Waals surface area contributed by atoms with Crippen molar-refractivity contribution in [2.75, 3.05) is 0 Å². The molecule has 46 valence electrons. The number of nitrogens with zero attached hydrogens (tertiary/aromatic N) is 5. The van der Waals surface area contributed by atoms with E-state index in [0.29, 0.717) is 0 Å². The molecule has 0 fully saturated rings. The van der Waals surface area contributed by atoms with Gasteiger partial charge in [0.15, 0.2) is 0 Å². The molecule has 1 aliphatic rings. The summed E-state index contributed by atoms with van der Waals surface area (Å²) in [4.78, 5) is 3.33. The summed E-state index contributed by atoms with van der Waals surface area (Å²) < 4.78 is 0. The fourth-order valence-electron chi connectivity index (χ4n) is 0.292. The summed E-state index contributed by atoms with van der Waals surface area (Å²) in [5.74, 6) is -0.340. The Morgan fingerprint density at radius 3 is 2.44 bits per heavy atom. The third-order valence-corrected chi connectivity index (χ3v) is 0.529. The van der Waals surface area contributed by atoms with Gasteiger partial charge in [-0.15, -0.1) is 0 Å². The van der Waals surface area contributed by atoms with Crippen molar-refractivity contribution in [3.8, 4) is 0 Å². The van der Waals surface area contributed by atoms with Crippen molar-refractivity contribution in [3.63, 3.8) is 0 Å². The van der Waals surface area contributed by atoms with Crippen LogP contribution in [0.1, 0.15) is 0 Å². The van der Waals surface area contributed by atoms with Gasteiger partial charge in [0.1, 0.15) is 0 Å². The van der Waals surface area contributed by atoms with Crippen LogP contribution in [0.25, 0.3) is 0 Å². The fourth-order valence-corrected chi connectivity index (χ4v) is 0.292. The minimum absolute atomic E-state index is 0.0162. The molecule has 0 aromatic rings. The van der Waals surface area contributed by atoms with Crippen LogP contribution in [0, 0.1) is 5.41 Å². The third kappa shape index (κ3) is 1.37. The maximum absolute atomic E-state index is 6.65. The van der Waals surface area contributed by atoms with Gasteiger partial charge in [0.05, 0.1) is 0 Å². The SMILES string of the molecule is N=C(N)N=C1N=NN=N1. The highest BCUT2D eigenvalue weighted by molar-refractivity contribution is 5.93. The summed E-state index contributed by atoms with van der Waals surface area (Å²) in [7, 11) is 0. The summed E-state index contributed by atoms with van der Waals surface area (Å²) >= 11 is 0. The van der Waals surface area contributed by atoms with Crippen molar-refractivity contribution in [1.82, 2.24) is 0 Å². The van der Waals surface area contributed by atoms with Crippen molar-refractivity contribution in [3.05, 3.63) is 0 Å². The zero-order valence-electron chi connectivity index (χ0n) is 4.31. The second kappa shape index (κ2) is 2.07. The summed E-state index contributed by atoms with van der Waals surface area (Å²) in [5.41, 5.74) is 4.86. The number of hydrogen-bond donors (Lipinski definition) is 2. The molecule has 0 aliphatic carbocycles. The lowest BCUT2D eigenvalue weighted by atomic mass is 10.9. The van der Waals surface area contributed by atoms with Gasteiger partial charge in [0, 0.05) is 0 Å². The van der Waals surface area contributed by atoms with Crippen LogP contribution < -0.4 is 5.73 Å². The van der Waals surface area contributed by atoms with Gasteiger partial charge in [-0.05, 0) is 10.4 Å². The van der Waals surface area contributed by atoms with Crippen molar-refractivity contribution < 1.29 is 0 Å². The average Bonchev–Trinajstić information content (AvgIpc) is 2.15. The standard InChI is InChI=1S/C2H3N7/c3-1(4)5-2-6-8-9-7-2/h(H3,3,4). The Morgan fingerprint density at radius 1 is 1.44 bits per heavy atom. The van der Waals surface area contributed by atoms with E-state index < -0.39 is 0 Å². The average molecular weight is 125 g/mol. The van der Waals surface area contributed by atoms with Crippen LogP contribution in [-0.4, -0.2) is 11.9 Å². The van der Waals surface area contributed by atoms with Crippen LogP contribution >= 0.6 is 0 Å². The molecule has 1 rings (SSSR count). The first-order valence-corrected chi connectivity index (χ1v) is 2.03. The van der Waals surface area contributed by atoms with E-state index in [4.69, 9.17) is 11.1 Å². The zero-order valence-corrected chi connectivity index (χ0v) is 4.31. The number of nitrogens with one attached hydrogen (secondary N) is 1. The van der Waals surface area contributed by atoms with E-state index >= 15 is 0 Å². The lowest BCUT2D eigenvalue weighted by Gasteiger charge is -1.80. The molecule has 0 spiro atoms. The number of rotatable bonds is 0. The predicted octanol–water partition coefficient (Wildman–Crippen LogP) is 0.0689. The largest absolute Gasteiger partial charge is 0.368 e. The van der Waals surface area contributed by atoms with Crippen LogP contribution in [0.15, 0.2) is 25.7 Å². The number of hydrogen-bond acceptors (Lipinski definition) is 3. The second-order valence-corrected chi connectivity index (χ2v) is 1.18. The summed E-state index contributed by atoms with van der Waals surface area (Å²) in [5, 5.41) is 19.5. The van der Waals surface area contributed by atoms with Crippen molar-refractivity contribution in [2.45, 2.75) is 0 Å². The van der Waals surface area contributed by atoms with Crippen LogP contribution in [0.4, 0.5) is 0 Å². The third-order valence-electron chi connectivity index (χ3n) is 0.529. The topological polar surface area (TPSA) is 112 Å². The van der Waals surface area contributed by atoms with Gasteiger partial charge in [0.25, 0.3) is 5.96 Å². The molecular formula is C2H3N7. The molecule has 0 atom stereocenters.